The van der Waals surface area contributed by atoms with E-state index in [-0.39, 0.29) is 0 Å². The van der Waals surface area contributed by atoms with Crippen LogP contribution in [0.2, 0.25) is 0 Å². The predicted octanol–water partition coefficient (Wildman–Crippen LogP) is 8.36. The van der Waals surface area contributed by atoms with Crippen LogP contribution >= 0.6 is 22.7 Å². The zero-order valence-corrected chi connectivity index (χ0v) is 20.6. The minimum Gasteiger partial charge on any atom is -0.255 e. The van der Waals surface area contributed by atoms with Gasteiger partial charge >= 0.3 is 0 Å². The van der Waals surface area contributed by atoms with Gasteiger partial charge in [-0.1, -0.05) is 60.7 Å². The molecule has 0 radical (unpaired) electrons. The summed E-state index contributed by atoms with van der Waals surface area (Å²) in [5.41, 5.74) is 10.1. The van der Waals surface area contributed by atoms with Gasteiger partial charge in [0.1, 0.15) is 0 Å². The SMILES string of the molecule is c1ccc2c(-c3ccc(-c4cncs4)nc3)c3ccccc3c(-c3ccc(-c4cncs4)nc3)c2c1. The topological polar surface area (TPSA) is 51.6 Å². The first-order valence-corrected chi connectivity index (χ1v) is 13.3. The summed E-state index contributed by atoms with van der Waals surface area (Å²) in [5.74, 6) is 0. The molecular weight excluding hydrogens is 480 g/mol. The van der Waals surface area contributed by atoms with E-state index in [1.807, 2.05) is 35.8 Å². The van der Waals surface area contributed by atoms with Crippen molar-refractivity contribution in [3.8, 4) is 43.4 Å². The average Bonchev–Trinajstić information content (AvgIpc) is 3.67. The lowest BCUT2D eigenvalue weighted by molar-refractivity contribution is 1.33. The second kappa shape index (κ2) is 8.75. The quantitative estimate of drug-likeness (QED) is 0.229. The van der Waals surface area contributed by atoms with E-state index in [0.717, 1.165) is 32.3 Å². The minimum absolute atomic E-state index is 0.943. The summed E-state index contributed by atoms with van der Waals surface area (Å²) < 4.78 is 0. The van der Waals surface area contributed by atoms with Gasteiger partial charge < -0.3 is 0 Å². The monoisotopic (exact) mass is 498 g/mol. The van der Waals surface area contributed by atoms with Gasteiger partial charge in [-0.15, -0.1) is 22.7 Å². The summed E-state index contributed by atoms with van der Waals surface area (Å²) in [6.45, 7) is 0. The summed E-state index contributed by atoms with van der Waals surface area (Å²) in [4.78, 5) is 20.1. The Morgan fingerprint density at radius 1 is 0.444 bits per heavy atom. The third-order valence-electron chi connectivity index (χ3n) is 6.41. The third kappa shape index (κ3) is 3.50. The van der Waals surface area contributed by atoms with Gasteiger partial charge in [-0.2, -0.15) is 0 Å². The Kier molecular flexibility index (Phi) is 5.12. The Hall–Kier alpha value is -4.26. The molecule has 3 aromatic carbocycles. The van der Waals surface area contributed by atoms with Crippen LogP contribution in [0, 0.1) is 0 Å². The molecule has 0 spiro atoms. The van der Waals surface area contributed by atoms with Crippen LogP contribution in [0.3, 0.4) is 0 Å². The molecule has 0 bridgehead atoms. The van der Waals surface area contributed by atoms with Crippen molar-refractivity contribution in [2.75, 3.05) is 0 Å². The molecule has 0 aliphatic carbocycles. The molecule has 7 rings (SSSR count). The normalized spacial score (nSPS) is 11.3. The van der Waals surface area contributed by atoms with Gasteiger partial charge in [-0.25, -0.2) is 0 Å². The number of rotatable bonds is 4. The van der Waals surface area contributed by atoms with Gasteiger partial charge in [0.05, 0.1) is 32.2 Å². The Bertz CT molecular complexity index is 1610. The lowest BCUT2D eigenvalue weighted by Crippen LogP contribution is -1.92. The van der Waals surface area contributed by atoms with E-state index in [0.29, 0.717) is 0 Å². The van der Waals surface area contributed by atoms with E-state index in [2.05, 4.69) is 82.8 Å². The Labute approximate surface area is 215 Å². The maximum atomic E-state index is 4.78. The standard InChI is InChI=1S/C30H18N4S2/c1-2-6-22-21(5-1)29(19-9-11-25(33-13-19)27-15-31-17-35-27)23-7-3-4-8-24(23)30(22)20-10-12-26(34-14-20)28-16-32-18-36-28/h1-18H. The van der Waals surface area contributed by atoms with Crippen LogP contribution in [-0.4, -0.2) is 19.9 Å². The number of pyridine rings is 2. The number of hydrogen-bond acceptors (Lipinski definition) is 6. The van der Waals surface area contributed by atoms with Gasteiger partial charge in [0.15, 0.2) is 0 Å². The van der Waals surface area contributed by atoms with Crippen molar-refractivity contribution in [3.63, 3.8) is 0 Å². The predicted molar refractivity (Wildman–Crippen MR) is 150 cm³/mol. The molecule has 0 aliphatic rings. The fourth-order valence-corrected chi connectivity index (χ4v) is 6.01. The van der Waals surface area contributed by atoms with Crippen molar-refractivity contribution in [2.24, 2.45) is 0 Å². The average molecular weight is 499 g/mol. The fraction of sp³-hybridized carbons (Fsp3) is 0. The maximum absolute atomic E-state index is 4.78. The molecule has 0 unspecified atom stereocenters. The largest absolute Gasteiger partial charge is 0.255 e. The van der Waals surface area contributed by atoms with E-state index in [1.165, 1.54) is 32.7 Å². The number of nitrogens with zero attached hydrogens (tertiary/aromatic N) is 4. The summed E-state index contributed by atoms with van der Waals surface area (Å²) in [7, 11) is 0. The van der Waals surface area contributed by atoms with Crippen LogP contribution < -0.4 is 0 Å². The van der Waals surface area contributed by atoms with Crippen molar-refractivity contribution in [1.82, 2.24) is 19.9 Å². The van der Waals surface area contributed by atoms with Crippen LogP contribution in [0.4, 0.5) is 0 Å². The molecule has 0 amide bonds. The van der Waals surface area contributed by atoms with Crippen molar-refractivity contribution in [1.29, 1.82) is 0 Å². The van der Waals surface area contributed by atoms with Crippen LogP contribution in [0.15, 0.2) is 109 Å². The fourth-order valence-electron chi connectivity index (χ4n) is 4.81. The number of benzene rings is 3. The molecular formula is C30H18N4S2. The van der Waals surface area contributed by atoms with Crippen LogP contribution in [-0.2, 0) is 0 Å². The van der Waals surface area contributed by atoms with Crippen LogP contribution in [0.25, 0.3) is 64.9 Å². The van der Waals surface area contributed by atoms with E-state index in [1.54, 1.807) is 22.7 Å². The van der Waals surface area contributed by atoms with Gasteiger partial charge in [-0.05, 0) is 44.8 Å². The zero-order chi connectivity index (χ0) is 23.9. The Morgan fingerprint density at radius 2 is 0.861 bits per heavy atom. The highest BCUT2D eigenvalue weighted by molar-refractivity contribution is 7.13. The first-order valence-electron chi connectivity index (χ1n) is 11.5. The summed E-state index contributed by atoms with van der Waals surface area (Å²) in [5, 5.41) is 4.80. The maximum Gasteiger partial charge on any atom is 0.0818 e. The second-order valence-corrected chi connectivity index (χ2v) is 10.2. The molecule has 4 aromatic heterocycles. The molecule has 170 valence electrons. The van der Waals surface area contributed by atoms with Crippen molar-refractivity contribution >= 4 is 44.2 Å². The molecule has 4 nitrogen and oxygen atoms in total. The zero-order valence-electron chi connectivity index (χ0n) is 19.0. The summed E-state index contributed by atoms with van der Waals surface area (Å²) >= 11 is 3.20. The molecule has 0 saturated carbocycles. The van der Waals surface area contributed by atoms with Crippen molar-refractivity contribution in [2.45, 2.75) is 0 Å². The highest BCUT2D eigenvalue weighted by Crippen LogP contribution is 2.43. The first kappa shape index (κ1) is 21.1. The molecule has 0 fully saturated rings. The molecule has 4 heterocycles. The highest BCUT2D eigenvalue weighted by Gasteiger charge is 2.17. The van der Waals surface area contributed by atoms with E-state index in [4.69, 9.17) is 9.97 Å². The lowest BCUT2D eigenvalue weighted by atomic mass is 9.86. The summed E-state index contributed by atoms with van der Waals surface area (Å²) in [6.07, 6.45) is 7.68. The first-order chi connectivity index (χ1) is 17.9. The van der Waals surface area contributed by atoms with Crippen molar-refractivity contribution < 1.29 is 0 Å². The summed E-state index contributed by atoms with van der Waals surface area (Å²) in [6, 6.07) is 25.8. The third-order valence-corrected chi connectivity index (χ3v) is 8.00. The molecule has 7 aromatic rings. The van der Waals surface area contributed by atoms with Crippen LogP contribution in [0.1, 0.15) is 0 Å². The number of thiazole rings is 2. The Balaban J connectivity index is 1.45. The highest BCUT2D eigenvalue weighted by atomic mass is 32.1. The Morgan fingerprint density at radius 3 is 1.17 bits per heavy atom. The number of fused-ring (bicyclic) bond motifs is 2. The lowest BCUT2D eigenvalue weighted by Gasteiger charge is -2.17. The smallest absolute Gasteiger partial charge is 0.0818 e. The van der Waals surface area contributed by atoms with Crippen molar-refractivity contribution in [3.05, 3.63) is 109 Å². The second-order valence-electron chi connectivity index (χ2n) is 8.44. The van der Waals surface area contributed by atoms with E-state index < -0.39 is 0 Å². The number of aromatic nitrogens is 4. The molecule has 0 aliphatic heterocycles. The van der Waals surface area contributed by atoms with Gasteiger partial charge in [0.25, 0.3) is 0 Å². The molecule has 0 N–H and O–H groups in total. The van der Waals surface area contributed by atoms with E-state index >= 15 is 0 Å². The van der Waals surface area contributed by atoms with Crippen LogP contribution in [0.5, 0.6) is 0 Å². The van der Waals surface area contributed by atoms with Gasteiger partial charge in [-0.3, -0.25) is 19.9 Å². The molecule has 0 saturated heterocycles. The number of hydrogen-bond donors (Lipinski definition) is 0. The van der Waals surface area contributed by atoms with Gasteiger partial charge in [0.2, 0.25) is 0 Å². The van der Waals surface area contributed by atoms with Gasteiger partial charge in [0, 0.05) is 35.9 Å². The molecule has 36 heavy (non-hydrogen) atoms. The van der Waals surface area contributed by atoms with E-state index in [9.17, 15) is 0 Å². The minimum atomic E-state index is 0.943. The molecule has 6 heteroatoms. The molecule has 0 atom stereocenters.